The van der Waals surface area contributed by atoms with Gasteiger partial charge in [-0.1, -0.05) is 29.5 Å². The molecule has 0 aliphatic carbocycles. The van der Waals surface area contributed by atoms with Gasteiger partial charge >= 0.3 is 0 Å². The number of sulfonamides is 1. The van der Waals surface area contributed by atoms with Crippen LogP contribution in [0.15, 0.2) is 24.3 Å². The van der Waals surface area contributed by atoms with E-state index in [1.807, 2.05) is 25.1 Å². The molecule has 112 valence electrons. The van der Waals surface area contributed by atoms with Gasteiger partial charge < -0.3 is 5.32 Å². The van der Waals surface area contributed by atoms with Crippen LogP contribution in [0.1, 0.15) is 20.9 Å². The van der Waals surface area contributed by atoms with E-state index in [4.69, 9.17) is 0 Å². The van der Waals surface area contributed by atoms with Crippen LogP contribution in [0.25, 0.3) is 0 Å². The number of aryl methyl sites for hydroxylation is 2. The molecule has 1 amide bonds. The average molecular weight is 325 g/mol. The van der Waals surface area contributed by atoms with Crippen molar-refractivity contribution in [2.24, 2.45) is 0 Å². The predicted molar refractivity (Wildman–Crippen MR) is 84.4 cm³/mol. The van der Waals surface area contributed by atoms with E-state index in [2.05, 4.69) is 15.0 Å². The van der Waals surface area contributed by atoms with Gasteiger partial charge in [-0.3, -0.25) is 9.52 Å². The first-order valence-corrected chi connectivity index (χ1v) is 8.79. The summed E-state index contributed by atoms with van der Waals surface area (Å²) in [6.45, 7) is 3.56. The van der Waals surface area contributed by atoms with Crippen molar-refractivity contribution in [3.05, 3.63) is 40.4 Å². The molecule has 0 saturated carbocycles. The van der Waals surface area contributed by atoms with Gasteiger partial charge in [0.1, 0.15) is 4.88 Å². The van der Waals surface area contributed by atoms with Crippen molar-refractivity contribution in [1.82, 2.24) is 4.98 Å². The Hall–Kier alpha value is -1.93. The highest BCUT2D eigenvalue weighted by Crippen LogP contribution is 2.25. The van der Waals surface area contributed by atoms with Crippen LogP contribution < -0.4 is 10.0 Å². The maximum Gasteiger partial charge on any atom is 0.267 e. The Balaban J connectivity index is 2.22. The molecule has 2 rings (SSSR count). The Morgan fingerprint density at radius 2 is 1.90 bits per heavy atom. The van der Waals surface area contributed by atoms with E-state index in [0.717, 1.165) is 23.2 Å². The Kier molecular flexibility index (Phi) is 4.29. The fourth-order valence-corrected chi connectivity index (χ4v) is 3.40. The van der Waals surface area contributed by atoms with Crippen LogP contribution in [0.4, 0.5) is 10.8 Å². The van der Waals surface area contributed by atoms with Crippen molar-refractivity contribution in [2.75, 3.05) is 16.3 Å². The molecule has 0 aliphatic rings. The fraction of sp³-hybridized carbons (Fsp3) is 0.231. The number of hydrogen-bond acceptors (Lipinski definition) is 5. The molecular weight excluding hydrogens is 310 g/mol. The SMILES string of the molecule is Cc1ccccc1NC(=O)c1sc(NS(C)(=O)=O)nc1C. The Labute approximate surface area is 127 Å². The minimum Gasteiger partial charge on any atom is -0.321 e. The van der Waals surface area contributed by atoms with Gasteiger partial charge in [0.05, 0.1) is 11.9 Å². The lowest BCUT2D eigenvalue weighted by Gasteiger charge is -2.06. The second-order valence-electron chi connectivity index (χ2n) is 4.58. The van der Waals surface area contributed by atoms with Crippen molar-refractivity contribution in [3.63, 3.8) is 0 Å². The topological polar surface area (TPSA) is 88.2 Å². The van der Waals surface area contributed by atoms with E-state index < -0.39 is 10.0 Å². The number of nitrogens with zero attached hydrogens (tertiary/aromatic N) is 1. The number of amides is 1. The lowest BCUT2D eigenvalue weighted by atomic mass is 10.2. The van der Waals surface area contributed by atoms with Crippen molar-refractivity contribution in [3.8, 4) is 0 Å². The molecule has 0 aliphatic heterocycles. The zero-order chi connectivity index (χ0) is 15.6. The van der Waals surface area contributed by atoms with Crippen LogP contribution in [0, 0.1) is 13.8 Å². The van der Waals surface area contributed by atoms with Gasteiger partial charge in [-0.15, -0.1) is 0 Å². The average Bonchev–Trinajstić information content (AvgIpc) is 2.70. The summed E-state index contributed by atoms with van der Waals surface area (Å²) < 4.78 is 24.6. The minimum absolute atomic E-state index is 0.185. The number of carbonyl (C=O) groups excluding carboxylic acids is 1. The number of rotatable bonds is 4. The molecule has 2 aromatic rings. The van der Waals surface area contributed by atoms with E-state index in [-0.39, 0.29) is 11.0 Å². The molecule has 0 radical (unpaired) electrons. The molecule has 6 nitrogen and oxygen atoms in total. The summed E-state index contributed by atoms with van der Waals surface area (Å²) in [7, 11) is -3.41. The molecule has 8 heteroatoms. The fourth-order valence-electron chi connectivity index (χ4n) is 1.70. The summed E-state index contributed by atoms with van der Waals surface area (Å²) in [5.74, 6) is -0.305. The first kappa shape index (κ1) is 15.5. The molecule has 0 saturated heterocycles. The monoisotopic (exact) mass is 325 g/mol. The number of hydrogen-bond donors (Lipinski definition) is 2. The summed E-state index contributed by atoms with van der Waals surface area (Å²) in [4.78, 5) is 16.7. The summed E-state index contributed by atoms with van der Waals surface area (Å²) in [6, 6.07) is 7.42. The lowest BCUT2D eigenvalue weighted by molar-refractivity contribution is 0.102. The highest BCUT2D eigenvalue weighted by Gasteiger charge is 2.17. The van der Waals surface area contributed by atoms with Gasteiger partial charge in [-0.25, -0.2) is 13.4 Å². The molecule has 21 heavy (non-hydrogen) atoms. The van der Waals surface area contributed by atoms with Gasteiger partial charge in [0.2, 0.25) is 10.0 Å². The molecule has 1 aromatic carbocycles. The van der Waals surface area contributed by atoms with Gasteiger partial charge in [-0.05, 0) is 25.5 Å². The summed E-state index contributed by atoms with van der Waals surface area (Å²) in [6.07, 6.45) is 1.04. The molecule has 2 N–H and O–H groups in total. The predicted octanol–water partition coefficient (Wildman–Crippen LogP) is 2.38. The zero-order valence-corrected chi connectivity index (χ0v) is 13.4. The molecule has 0 bridgehead atoms. The number of aromatic nitrogens is 1. The summed E-state index contributed by atoms with van der Waals surface area (Å²) in [5.41, 5.74) is 2.15. The maximum absolute atomic E-state index is 12.2. The highest BCUT2D eigenvalue weighted by atomic mass is 32.2. The maximum atomic E-state index is 12.2. The van der Waals surface area contributed by atoms with E-state index >= 15 is 0 Å². The number of para-hydroxylation sites is 1. The van der Waals surface area contributed by atoms with Crippen molar-refractivity contribution in [2.45, 2.75) is 13.8 Å². The quantitative estimate of drug-likeness (QED) is 0.903. The van der Waals surface area contributed by atoms with E-state index in [9.17, 15) is 13.2 Å². The van der Waals surface area contributed by atoms with E-state index in [0.29, 0.717) is 16.3 Å². The first-order valence-electron chi connectivity index (χ1n) is 6.08. The molecule has 0 fully saturated rings. The van der Waals surface area contributed by atoms with Crippen molar-refractivity contribution >= 4 is 38.1 Å². The normalized spacial score (nSPS) is 11.2. The minimum atomic E-state index is -3.41. The van der Waals surface area contributed by atoms with Crippen LogP contribution in [-0.2, 0) is 10.0 Å². The third-order valence-electron chi connectivity index (χ3n) is 2.67. The number of carbonyl (C=O) groups is 1. The van der Waals surface area contributed by atoms with E-state index in [1.165, 1.54) is 0 Å². The standard InChI is InChI=1S/C13H15N3O3S2/c1-8-6-4-5-7-10(8)15-12(17)11-9(2)14-13(20-11)16-21(3,18)19/h4-7H,1-3H3,(H,14,16)(H,15,17). The second kappa shape index (κ2) is 5.82. The molecule has 0 spiro atoms. The number of thiazole rings is 1. The van der Waals surface area contributed by atoms with Gasteiger partial charge in [0.25, 0.3) is 5.91 Å². The number of anilines is 2. The second-order valence-corrected chi connectivity index (χ2v) is 7.32. The van der Waals surface area contributed by atoms with Crippen LogP contribution in [0.2, 0.25) is 0 Å². The van der Waals surface area contributed by atoms with Gasteiger partial charge in [0, 0.05) is 5.69 Å². The van der Waals surface area contributed by atoms with Crippen molar-refractivity contribution in [1.29, 1.82) is 0 Å². The molecular formula is C13H15N3O3S2. The highest BCUT2D eigenvalue weighted by molar-refractivity contribution is 7.92. The Morgan fingerprint density at radius 3 is 2.52 bits per heavy atom. The largest absolute Gasteiger partial charge is 0.321 e. The smallest absolute Gasteiger partial charge is 0.267 e. The molecule has 0 atom stereocenters. The first-order chi connectivity index (χ1) is 9.76. The van der Waals surface area contributed by atoms with Crippen LogP contribution in [0.5, 0.6) is 0 Å². The third kappa shape index (κ3) is 4.02. The molecule has 1 heterocycles. The van der Waals surface area contributed by atoms with Gasteiger partial charge in [-0.2, -0.15) is 0 Å². The van der Waals surface area contributed by atoms with Crippen LogP contribution >= 0.6 is 11.3 Å². The number of nitrogens with one attached hydrogen (secondary N) is 2. The Bertz CT molecular complexity index is 782. The lowest BCUT2D eigenvalue weighted by Crippen LogP contribution is -2.12. The molecule has 1 aromatic heterocycles. The third-order valence-corrected chi connectivity index (χ3v) is 4.43. The van der Waals surface area contributed by atoms with E-state index in [1.54, 1.807) is 13.0 Å². The molecule has 0 unspecified atom stereocenters. The summed E-state index contributed by atoms with van der Waals surface area (Å²) >= 11 is 1.01. The number of benzene rings is 1. The van der Waals surface area contributed by atoms with Gasteiger partial charge in [0.15, 0.2) is 5.13 Å². The zero-order valence-electron chi connectivity index (χ0n) is 11.8. The van der Waals surface area contributed by atoms with Crippen LogP contribution in [0.3, 0.4) is 0 Å². The summed E-state index contributed by atoms with van der Waals surface area (Å²) in [5, 5.41) is 2.98. The Morgan fingerprint density at radius 1 is 1.24 bits per heavy atom. The van der Waals surface area contributed by atoms with Crippen molar-refractivity contribution < 1.29 is 13.2 Å². The van der Waals surface area contributed by atoms with Crippen LogP contribution in [-0.4, -0.2) is 25.6 Å².